The first-order valence-corrected chi connectivity index (χ1v) is 9.47. The van der Waals surface area contributed by atoms with Crippen molar-refractivity contribution >= 4 is 35.8 Å². The highest BCUT2D eigenvalue weighted by Gasteiger charge is 2.20. The van der Waals surface area contributed by atoms with Crippen LogP contribution in [0.3, 0.4) is 0 Å². The van der Waals surface area contributed by atoms with Crippen molar-refractivity contribution in [1.82, 2.24) is 20.9 Å². The predicted octanol–water partition coefficient (Wildman–Crippen LogP) is 2.05. The van der Waals surface area contributed by atoms with Crippen LogP contribution in [0.25, 0.3) is 0 Å². The van der Waals surface area contributed by atoms with Gasteiger partial charge in [0.1, 0.15) is 0 Å². The fourth-order valence-electron chi connectivity index (χ4n) is 2.84. The lowest BCUT2D eigenvalue weighted by Crippen LogP contribution is -2.49. The highest BCUT2D eigenvalue weighted by Crippen LogP contribution is 2.11. The number of likely N-dealkylation sites (tertiary alicyclic amines) is 1. The van der Waals surface area contributed by atoms with Crippen molar-refractivity contribution in [2.24, 2.45) is 16.8 Å². The number of halogens is 1. The Morgan fingerprint density at radius 2 is 1.80 bits per heavy atom. The molecule has 0 aliphatic carbocycles. The number of guanidine groups is 1. The van der Waals surface area contributed by atoms with Gasteiger partial charge in [0.05, 0.1) is 6.54 Å². The fourth-order valence-corrected chi connectivity index (χ4v) is 2.84. The summed E-state index contributed by atoms with van der Waals surface area (Å²) in [6, 6.07) is 0.483. The monoisotopic (exact) mass is 467 g/mol. The van der Waals surface area contributed by atoms with Gasteiger partial charge in [-0.3, -0.25) is 9.79 Å². The zero-order valence-electron chi connectivity index (χ0n) is 16.6. The van der Waals surface area contributed by atoms with E-state index in [-0.39, 0.29) is 35.8 Å². The van der Waals surface area contributed by atoms with Crippen LogP contribution in [0.15, 0.2) is 4.99 Å². The summed E-state index contributed by atoms with van der Waals surface area (Å²) in [6.07, 6.45) is 2.31. The molecule has 148 valence electrons. The molecule has 3 N–H and O–H groups in total. The second-order valence-corrected chi connectivity index (χ2v) is 7.32. The number of carbonyl (C=O) groups is 1. The first kappa shape index (κ1) is 24.4. The summed E-state index contributed by atoms with van der Waals surface area (Å²) in [7, 11) is 0. The molecule has 0 aromatic heterocycles. The molecular weight excluding hydrogens is 429 g/mol. The maximum absolute atomic E-state index is 11.5. The molecule has 0 radical (unpaired) electrons. The molecule has 1 heterocycles. The van der Waals surface area contributed by atoms with Crippen molar-refractivity contribution < 1.29 is 4.79 Å². The van der Waals surface area contributed by atoms with Gasteiger partial charge in [-0.1, -0.05) is 27.7 Å². The molecule has 1 rings (SSSR count). The van der Waals surface area contributed by atoms with E-state index in [2.05, 4.69) is 46.6 Å². The number of hydrogen-bond acceptors (Lipinski definition) is 3. The van der Waals surface area contributed by atoms with Crippen LogP contribution >= 0.6 is 24.0 Å². The Morgan fingerprint density at radius 3 is 2.32 bits per heavy atom. The number of hydrogen-bond donors (Lipinski definition) is 3. The normalized spacial score (nSPS) is 16.7. The molecular formula is C18H38IN5O. The summed E-state index contributed by atoms with van der Waals surface area (Å²) < 4.78 is 0. The molecule has 1 aliphatic rings. The molecule has 0 unspecified atom stereocenters. The fraction of sp³-hybridized carbons (Fsp3) is 0.889. The predicted molar refractivity (Wildman–Crippen MR) is 117 cm³/mol. The SMILES string of the molecule is CCNC(=NCCNC(=O)C(C)C)NC1CCN(CC(C)C)CC1.I. The molecule has 0 saturated carbocycles. The number of amides is 1. The second kappa shape index (κ2) is 13.6. The van der Waals surface area contributed by atoms with Gasteiger partial charge in [0.2, 0.25) is 5.91 Å². The molecule has 0 bridgehead atoms. The number of carbonyl (C=O) groups excluding carboxylic acids is 1. The summed E-state index contributed by atoms with van der Waals surface area (Å²) in [5.41, 5.74) is 0. The van der Waals surface area contributed by atoms with Crippen LogP contribution in [0, 0.1) is 11.8 Å². The summed E-state index contributed by atoms with van der Waals surface area (Å²) in [5, 5.41) is 9.74. The molecule has 1 aliphatic heterocycles. The highest BCUT2D eigenvalue weighted by atomic mass is 127. The Kier molecular flexibility index (Phi) is 13.3. The molecule has 0 spiro atoms. The van der Waals surface area contributed by atoms with Gasteiger partial charge >= 0.3 is 0 Å². The lowest BCUT2D eigenvalue weighted by molar-refractivity contribution is -0.123. The molecule has 0 atom stereocenters. The summed E-state index contributed by atoms with van der Waals surface area (Å²) >= 11 is 0. The average molecular weight is 467 g/mol. The standard InChI is InChI=1S/C18H37N5O.HI/c1-6-19-18(21-10-9-20-17(24)15(4)5)22-16-7-11-23(12-8-16)13-14(2)3;/h14-16H,6-13H2,1-5H3,(H,20,24)(H2,19,21,22);1H. The van der Waals surface area contributed by atoms with Crippen LogP contribution in [0.4, 0.5) is 0 Å². The van der Waals surface area contributed by atoms with E-state index in [4.69, 9.17) is 0 Å². The molecule has 25 heavy (non-hydrogen) atoms. The van der Waals surface area contributed by atoms with E-state index in [9.17, 15) is 4.79 Å². The van der Waals surface area contributed by atoms with Crippen molar-refractivity contribution in [3.05, 3.63) is 0 Å². The van der Waals surface area contributed by atoms with Crippen molar-refractivity contribution in [2.45, 2.75) is 53.5 Å². The van der Waals surface area contributed by atoms with Crippen LogP contribution in [0.2, 0.25) is 0 Å². The van der Waals surface area contributed by atoms with Gasteiger partial charge in [-0.25, -0.2) is 0 Å². The van der Waals surface area contributed by atoms with Crippen LogP contribution in [-0.2, 0) is 4.79 Å². The van der Waals surface area contributed by atoms with Crippen molar-refractivity contribution in [3.63, 3.8) is 0 Å². The summed E-state index contributed by atoms with van der Waals surface area (Å²) in [5.74, 6) is 1.70. The number of nitrogens with zero attached hydrogens (tertiary/aromatic N) is 2. The minimum absolute atomic E-state index is 0. The van der Waals surface area contributed by atoms with E-state index in [1.165, 1.54) is 6.54 Å². The second-order valence-electron chi connectivity index (χ2n) is 7.32. The molecule has 1 saturated heterocycles. The molecule has 0 aromatic rings. The van der Waals surface area contributed by atoms with E-state index in [0.29, 0.717) is 19.1 Å². The average Bonchev–Trinajstić information content (AvgIpc) is 2.52. The zero-order chi connectivity index (χ0) is 17.9. The van der Waals surface area contributed by atoms with Crippen LogP contribution in [0.5, 0.6) is 0 Å². The molecule has 0 aromatic carbocycles. The minimum atomic E-state index is 0. The van der Waals surface area contributed by atoms with Gasteiger partial charge in [-0.2, -0.15) is 0 Å². The van der Waals surface area contributed by atoms with Gasteiger partial charge in [0.15, 0.2) is 5.96 Å². The van der Waals surface area contributed by atoms with Crippen molar-refractivity contribution in [3.8, 4) is 0 Å². The summed E-state index contributed by atoms with van der Waals surface area (Å²) in [6.45, 7) is 15.9. The van der Waals surface area contributed by atoms with E-state index in [1.54, 1.807) is 0 Å². The molecule has 6 nitrogen and oxygen atoms in total. The quantitative estimate of drug-likeness (QED) is 0.221. The van der Waals surface area contributed by atoms with Crippen LogP contribution in [-0.4, -0.2) is 62.1 Å². The largest absolute Gasteiger partial charge is 0.357 e. The Hall–Kier alpha value is -0.570. The first-order valence-electron chi connectivity index (χ1n) is 9.47. The third kappa shape index (κ3) is 10.9. The molecule has 1 fully saturated rings. The van der Waals surface area contributed by atoms with Crippen LogP contribution < -0.4 is 16.0 Å². The van der Waals surface area contributed by atoms with Crippen molar-refractivity contribution in [1.29, 1.82) is 0 Å². The topological polar surface area (TPSA) is 68.8 Å². The summed E-state index contributed by atoms with van der Waals surface area (Å²) in [4.78, 5) is 18.7. The number of nitrogens with one attached hydrogen (secondary N) is 3. The maximum Gasteiger partial charge on any atom is 0.222 e. The Labute approximate surface area is 171 Å². The number of rotatable bonds is 8. The highest BCUT2D eigenvalue weighted by molar-refractivity contribution is 14.0. The Balaban J connectivity index is 0.00000576. The first-order chi connectivity index (χ1) is 11.4. The molecule has 7 heteroatoms. The third-order valence-electron chi connectivity index (χ3n) is 4.10. The van der Waals surface area contributed by atoms with Crippen LogP contribution in [0.1, 0.15) is 47.5 Å². The Bertz CT molecular complexity index is 393. The van der Waals surface area contributed by atoms with E-state index < -0.39 is 0 Å². The minimum Gasteiger partial charge on any atom is -0.357 e. The van der Waals surface area contributed by atoms with Gasteiger partial charge < -0.3 is 20.9 Å². The third-order valence-corrected chi connectivity index (χ3v) is 4.10. The maximum atomic E-state index is 11.5. The lowest BCUT2D eigenvalue weighted by atomic mass is 10.0. The smallest absolute Gasteiger partial charge is 0.222 e. The lowest BCUT2D eigenvalue weighted by Gasteiger charge is -2.34. The van der Waals surface area contributed by atoms with Gasteiger partial charge in [0, 0.05) is 44.7 Å². The zero-order valence-corrected chi connectivity index (χ0v) is 18.9. The van der Waals surface area contributed by atoms with E-state index in [1.807, 2.05) is 13.8 Å². The molecule has 1 amide bonds. The Morgan fingerprint density at radius 1 is 1.16 bits per heavy atom. The van der Waals surface area contributed by atoms with Gasteiger partial charge in [0.25, 0.3) is 0 Å². The number of aliphatic imine (C=N–C) groups is 1. The van der Waals surface area contributed by atoms with E-state index in [0.717, 1.165) is 44.4 Å². The van der Waals surface area contributed by atoms with Gasteiger partial charge in [-0.05, 0) is 25.7 Å². The number of piperidine rings is 1. The van der Waals surface area contributed by atoms with Gasteiger partial charge in [-0.15, -0.1) is 24.0 Å². The van der Waals surface area contributed by atoms with E-state index >= 15 is 0 Å². The van der Waals surface area contributed by atoms with Crippen molar-refractivity contribution in [2.75, 3.05) is 39.3 Å².